The van der Waals surface area contributed by atoms with Crippen molar-refractivity contribution in [2.24, 2.45) is 5.16 Å². The Hall–Kier alpha value is -1.57. The number of carbonyl (C=O) groups excluding carboxylic acids is 1. The summed E-state index contributed by atoms with van der Waals surface area (Å²) in [5, 5.41) is 11.6. The molecule has 0 radical (unpaired) electrons. The molecule has 0 atom stereocenters. The van der Waals surface area contributed by atoms with Crippen molar-refractivity contribution in [3.8, 4) is 6.07 Å². The van der Waals surface area contributed by atoms with Crippen LogP contribution in [0.5, 0.6) is 0 Å². The molecule has 0 aromatic heterocycles. The lowest BCUT2D eigenvalue weighted by Crippen LogP contribution is -2.10. The Morgan fingerprint density at radius 2 is 2.36 bits per heavy atom. The first-order valence-electron chi connectivity index (χ1n) is 2.84. The molecule has 0 aliphatic heterocycles. The summed E-state index contributed by atoms with van der Waals surface area (Å²) in [5.41, 5.74) is 0.0303. The smallest absolute Gasteiger partial charge is 0.303 e. The minimum Gasteiger partial charge on any atom is -0.458 e. The molecule has 5 heteroatoms. The van der Waals surface area contributed by atoms with Gasteiger partial charge in [0.25, 0.3) is 0 Å². The topological polar surface area (TPSA) is 71.7 Å². The fraction of sp³-hybridized carbons (Fsp3) is 0.500. The third kappa shape index (κ3) is 4.90. The Kier molecular flexibility index (Phi) is 4.49. The van der Waals surface area contributed by atoms with Crippen LogP contribution >= 0.6 is 0 Å². The molecule has 0 aliphatic rings. The first kappa shape index (κ1) is 9.43. The van der Waals surface area contributed by atoms with E-state index in [1.807, 2.05) is 0 Å². The SMILES string of the molecule is CO/N=C(/C#N)COC(C)=O. The van der Waals surface area contributed by atoms with Crippen molar-refractivity contribution in [3.63, 3.8) is 0 Å². The van der Waals surface area contributed by atoms with Crippen LogP contribution in [0.4, 0.5) is 0 Å². The normalized spacial score (nSPS) is 10.1. The fourth-order valence-corrected chi connectivity index (χ4v) is 0.359. The van der Waals surface area contributed by atoms with Crippen LogP contribution in [-0.4, -0.2) is 25.4 Å². The Balaban J connectivity index is 3.82. The number of nitriles is 1. The molecule has 0 spiro atoms. The quantitative estimate of drug-likeness (QED) is 0.329. The predicted molar refractivity (Wildman–Crippen MR) is 36.7 cm³/mol. The summed E-state index contributed by atoms with van der Waals surface area (Å²) in [5.74, 6) is -0.455. The molecular formula is C6H8N2O3. The molecule has 0 aromatic rings. The van der Waals surface area contributed by atoms with Gasteiger partial charge >= 0.3 is 5.97 Å². The zero-order chi connectivity index (χ0) is 8.69. The van der Waals surface area contributed by atoms with Crippen LogP contribution in [0.2, 0.25) is 0 Å². The van der Waals surface area contributed by atoms with Crippen LogP contribution in [0, 0.1) is 11.3 Å². The van der Waals surface area contributed by atoms with Gasteiger partial charge in [0.2, 0.25) is 0 Å². The summed E-state index contributed by atoms with van der Waals surface area (Å²) in [6, 6.07) is 1.71. The largest absolute Gasteiger partial charge is 0.458 e. The number of rotatable bonds is 3. The minimum absolute atomic E-state index is 0.0303. The third-order valence-electron chi connectivity index (χ3n) is 0.743. The molecule has 11 heavy (non-hydrogen) atoms. The van der Waals surface area contributed by atoms with Crippen molar-refractivity contribution in [2.45, 2.75) is 6.92 Å². The molecule has 0 aliphatic carbocycles. The van der Waals surface area contributed by atoms with E-state index in [9.17, 15) is 4.79 Å². The first-order valence-corrected chi connectivity index (χ1v) is 2.84. The molecule has 0 N–H and O–H groups in total. The highest BCUT2D eigenvalue weighted by Gasteiger charge is 2.00. The second kappa shape index (κ2) is 5.23. The zero-order valence-electron chi connectivity index (χ0n) is 6.33. The van der Waals surface area contributed by atoms with Crippen molar-refractivity contribution in [1.82, 2.24) is 0 Å². The van der Waals surface area contributed by atoms with Crippen molar-refractivity contribution < 1.29 is 14.4 Å². The van der Waals surface area contributed by atoms with Gasteiger partial charge in [-0.25, -0.2) is 0 Å². The maximum Gasteiger partial charge on any atom is 0.303 e. The van der Waals surface area contributed by atoms with Gasteiger partial charge in [-0.05, 0) is 0 Å². The number of nitrogens with zero attached hydrogens (tertiary/aromatic N) is 2. The Labute approximate surface area is 64.2 Å². The summed E-state index contributed by atoms with van der Waals surface area (Å²) < 4.78 is 4.48. The summed E-state index contributed by atoms with van der Waals surface area (Å²) >= 11 is 0. The summed E-state index contributed by atoms with van der Waals surface area (Å²) in [4.78, 5) is 14.5. The Bertz CT molecular complexity index is 204. The molecule has 0 fully saturated rings. The van der Waals surface area contributed by atoms with E-state index >= 15 is 0 Å². The average Bonchev–Trinajstić information content (AvgIpc) is 1.97. The van der Waals surface area contributed by atoms with Crippen LogP contribution in [0.15, 0.2) is 5.16 Å². The van der Waals surface area contributed by atoms with Crippen molar-refractivity contribution in [1.29, 1.82) is 5.26 Å². The van der Waals surface area contributed by atoms with Crippen molar-refractivity contribution in [3.05, 3.63) is 0 Å². The van der Waals surface area contributed by atoms with E-state index in [1.54, 1.807) is 6.07 Å². The lowest BCUT2D eigenvalue weighted by Gasteiger charge is -1.96. The monoisotopic (exact) mass is 156 g/mol. The predicted octanol–water partition coefficient (Wildman–Crippen LogP) is 0.0755. The second-order valence-electron chi connectivity index (χ2n) is 1.61. The van der Waals surface area contributed by atoms with Crippen molar-refractivity contribution >= 4 is 11.7 Å². The fourth-order valence-electron chi connectivity index (χ4n) is 0.359. The van der Waals surface area contributed by atoms with E-state index in [4.69, 9.17) is 5.26 Å². The summed E-state index contributed by atoms with van der Waals surface area (Å²) in [6.07, 6.45) is 0. The van der Waals surface area contributed by atoms with E-state index in [0.717, 1.165) is 0 Å². The highest BCUT2D eigenvalue weighted by atomic mass is 16.6. The Morgan fingerprint density at radius 1 is 1.73 bits per heavy atom. The number of esters is 1. The lowest BCUT2D eigenvalue weighted by atomic mass is 10.4. The second-order valence-corrected chi connectivity index (χ2v) is 1.61. The van der Waals surface area contributed by atoms with Crippen LogP contribution < -0.4 is 0 Å². The van der Waals surface area contributed by atoms with Gasteiger partial charge in [-0.3, -0.25) is 4.79 Å². The van der Waals surface area contributed by atoms with Gasteiger partial charge < -0.3 is 9.57 Å². The summed E-state index contributed by atoms with van der Waals surface area (Å²) in [7, 11) is 1.31. The zero-order valence-corrected chi connectivity index (χ0v) is 6.33. The molecule has 0 bridgehead atoms. The number of oxime groups is 1. The molecule has 5 nitrogen and oxygen atoms in total. The van der Waals surface area contributed by atoms with E-state index in [2.05, 4.69) is 14.7 Å². The Morgan fingerprint density at radius 3 is 2.73 bits per heavy atom. The number of ether oxygens (including phenoxy) is 1. The minimum atomic E-state index is -0.455. The molecule has 60 valence electrons. The highest BCUT2D eigenvalue weighted by molar-refractivity contribution is 5.99. The van der Waals surface area contributed by atoms with Crippen LogP contribution in [0.3, 0.4) is 0 Å². The van der Waals surface area contributed by atoms with E-state index in [0.29, 0.717) is 0 Å². The molecule has 0 saturated heterocycles. The van der Waals surface area contributed by atoms with E-state index in [1.165, 1.54) is 14.0 Å². The molecule has 0 saturated carbocycles. The van der Waals surface area contributed by atoms with Gasteiger partial charge in [0.15, 0.2) is 5.71 Å². The number of hydrogen-bond donors (Lipinski definition) is 0. The molecule has 0 unspecified atom stereocenters. The number of carbonyl (C=O) groups is 1. The average molecular weight is 156 g/mol. The molecule has 0 rings (SSSR count). The van der Waals surface area contributed by atoms with E-state index in [-0.39, 0.29) is 12.3 Å². The van der Waals surface area contributed by atoms with Crippen LogP contribution in [0.25, 0.3) is 0 Å². The van der Waals surface area contributed by atoms with Gasteiger partial charge in [0, 0.05) is 6.92 Å². The van der Waals surface area contributed by atoms with Crippen LogP contribution in [0.1, 0.15) is 6.92 Å². The number of hydrogen-bond acceptors (Lipinski definition) is 5. The summed E-state index contributed by atoms with van der Waals surface area (Å²) in [6.45, 7) is 1.11. The highest BCUT2D eigenvalue weighted by Crippen LogP contribution is 1.82. The van der Waals surface area contributed by atoms with Gasteiger partial charge in [0.05, 0.1) is 0 Å². The van der Waals surface area contributed by atoms with E-state index < -0.39 is 5.97 Å². The van der Waals surface area contributed by atoms with Gasteiger partial charge in [-0.1, -0.05) is 5.16 Å². The van der Waals surface area contributed by atoms with Gasteiger partial charge in [-0.2, -0.15) is 5.26 Å². The van der Waals surface area contributed by atoms with Gasteiger partial charge in [-0.15, -0.1) is 0 Å². The third-order valence-corrected chi connectivity index (χ3v) is 0.743. The van der Waals surface area contributed by atoms with Crippen molar-refractivity contribution in [2.75, 3.05) is 13.7 Å². The molecule has 0 aromatic carbocycles. The van der Waals surface area contributed by atoms with Crippen LogP contribution in [-0.2, 0) is 14.4 Å². The molecule has 0 heterocycles. The van der Waals surface area contributed by atoms with Gasteiger partial charge in [0.1, 0.15) is 19.8 Å². The molecular weight excluding hydrogens is 148 g/mol. The maximum absolute atomic E-state index is 10.2. The maximum atomic E-state index is 10.2. The standard InChI is InChI=1S/C6H8N2O3/c1-5(9)11-4-6(3-7)8-10-2/h4H2,1-2H3/b8-6-. The first-order chi connectivity index (χ1) is 5.20. The molecule has 0 amide bonds. The lowest BCUT2D eigenvalue weighted by molar-refractivity contribution is -0.139.